The molecular formula is C13H18N4. The standard InChI is InChI=1S/C13H18N4/c1-10-3-2-4-12-11(10)5-8-17(12)16-9-13-14-6-7-15-13/h2-4,16H,5-9H2,1H3,(H,14,15). The lowest BCUT2D eigenvalue weighted by molar-refractivity contribution is 0.700. The van der Waals surface area contributed by atoms with Gasteiger partial charge in [-0.2, -0.15) is 0 Å². The first-order valence-corrected chi connectivity index (χ1v) is 6.21. The zero-order valence-corrected chi connectivity index (χ0v) is 10.2. The molecule has 1 aromatic carbocycles. The lowest BCUT2D eigenvalue weighted by atomic mass is 10.1. The van der Waals surface area contributed by atoms with E-state index in [1.807, 2.05) is 0 Å². The van der Waals surface area contributed by atoms with Crippen molar-refractivity contribution in [1.82, 2.24) is 10.7 Å². The number of benzene rings is 1. The summed E-state index contributed by atoms with van der Waals surface area (Å²) in [4.78, 5) is 4.39. The van der Waals surface area contributed by atoms with Crippen molar-refractivity contribution in [2.24, 2.45) is 4.99 Å². The largest absolute Gasteiger partial charge is 0.371 e. The molecule has 0 aromatic heterocycles. The van der Waals surface area contributed by atoms with Crippen LogP contribution in [0.5, 0.6) is 0 Å². The number of hydrogen-bond acceptors (Lipinski definition) is 4. The van der Waals surface area contributed by atoms with Crippen molar-refractivity contribution < 1.29 is 0 Å². The van der Waals surface area contributed by atoms with Crippen molar-refractivity contribution >= 4 is 11.5 Å². The second-order valence-electron chi connectivity index (χ2n) is 4.56. The molecule has 0 spiro atoms. The maximum Gasteiger partial charge on any atom is 0.112 e. The summed E-state index contributed by atoms with van der Waals surface area (Å²) in [5.41, 5.74) is 7.63. The average Bonchev–Trinajstić information content (AvgIpc) is 2.95. The van der Waals surface area contributed by atoms with E-state index in [0.717, 1.165) is 38.4 Å². The minimum absolute atomic E-state index is 0.799. The van der Waals surface area contributed by atoms with Gasteiger partial charge in [0.05, 0.1) is 18.8 Å². The molecule has 4 heteroatoms. The molecule has 2 N–H and O–H groups in total. The Morgan fingerprint density at radius 3 is 3.24 bits per heavy atom. The number of aliphatic imine (C=N–C) groups is 1. The normalized spacial score (nSPS) is 17.9. The summed E-state index contributed by atoms with van der Waals surface area (Å²) >= 11 is 0. The number of amidine groups is 1. The summed E-state index contributed by atoms with van der Waals surface area (Å²) in [5.74, 6) is 1.08. The second-order valence-corrected chi connectivity index (χ2v) is 4.56. The smallest absolute Gasteiger partial charge is 0.112 e. The van der Waals surface area contributed by atoms with Gasteiger partial charge in [0.15, 0.2) is 0 Å². The lowest BCUT2D eigenvalue weighted by Gasteiger charge is -2.20. The van der Waals surface area contributed by atoms with Gasteiger partial charge in [0, 0.05) is 13.1 Å². The molecule has 1 aromatic rings. The number of nitrogens with zero attached hydrogens (tertiary/aromatic N) is 2. The predicted octanol–water partition coefficient (Wildman–Crippen LogP) is 0.864. The maximum atomic E-state index is 4.39. The van der Waals surface area contributed by atoms with Crippen LogP contribution in [0.3, 0.4) is 0 Å². The summed E-state index contributed by atoms with van der Waals surface area (Å²) in [6.45, 7) is 5.92. The number of fused-ring (bicyclic) bond motifs is 1. The van der Waals surface area contributed by atoms with Gasteiger partial charge in [-0.25, -0.2) is 5.43 Å². The van der Waals surface area contributed by atoms with Gasteiger partial charge < -0.3 is 10.3 Å². The average molecular weight is 230 g/mol. The molecule has 0 fully saturated rings. The van der Waals surface area contributed by atoms with Crippen LogP contribution in [0.25, 0.3) is 0 Å². The molecule has 2 aliphatic heterocycles. The number of nitrogens with one attached hydrogen (secondary N) is 2. The molecule has 2 heterocycles. The van der Waals surface area contributed by atoms with Gasteiger partial charge >= 0.3 is 0 Å². The van der Waals surface area contributed by atoms with Crippen molar-refractivity contribution in [1.29, 1.82) is 0 Å². The Morgan fingerprint density at radius 2 is 2.41 bits per heavy atom. The molecule has 17 heavy (non-hydrogen) atoms. The van der Waals surface area contributed by atoms with Crippen LogP contribution >= 0.6 is 0 Å². The van der Waals surface area contributed by atoms with Gasteiger partial charge in [-0.15, -0.1) is 0 Å². The molecule has 0 saturated carbocycles. The van der Waals surface area contributed by atoms with E-state index in [1.165, 1.54) is 16.8 Å². The fourth-order valence-electron chi connectivity index (χ4n) is 2.51. The summed E-state index contributed by atoms with van der Waals surface area (Å²) in [7, 11) is 0. The van der Waals surface area contributed by atoms with E-state index in [1.54, 1.807) is 0 Å². The third-order valence-electron chi connectivity index (χ3n) is 3.44. The summed E-state index contributed by atoms with van der Waals surface area (Å²) in [5, 5.41) is 5.52. The molecule has 90 valence electrons. The minimum Gasteiger partial charge on any atom is -0.371 e. The first-order chi connectivity index (χ1) is 8.34. The molecule has 4 nitrogen and oxygen atoms in total. The SMILES string of the molecule is Cc1cccc2c1CCN2NCC1=NCCN1. The number of hydrogen-bond donors (Lipinski definition) is 2. The zero-order valence-electron chi connectivity index (χ0n) is 10.2. The van der Waals surface area contributed by atoms with Crippen molar-refractivity contribution in [3.8, 4) is 0 Å². The fourth-order valence-corrected chi connectivity index (χ4v) is 2.51. The molecule has 0 bridgehead atoms. The van der Waals surface area contributed by atoms with Crippen LogP contribution in [-0.4, -0.2) is 32.0 Å². The lowest BCUT2D eigenvalue weighted by Crippen LogP contribution is -2.42. The van der Waals surface area contributed by atoms with Gasteiger partial charge in [0.1, 0.15) is 5.84 Å². The third kappa shape index (κ3) is 2.00. The van der Waals surface area contributed by atoms with Crippen molar-refractivity contribution in [3.63, 3.8) is 0 Å². The number of aryl methyl sites for hydroxylation is 1. The topological polar surface area (TPSA) is 39.7 Å². The molecule has 0 unspecified atom stereocenters. The van der Waals surface area contributed by atoms with Crippen LogP contribution in [-0.2, 0) is 6.42 Å². The van der Waals surface area contributed by atoms with Crippen LogP contribution < -0.4 is 15.8 Å². The highest BCUT2D eigenvalue weighted by Crippen LogP contribution is 2.28. The monoisotopic (exact) mass is 230 g/mol. The van der Waals surface area contributed by atoms with E-state index < -0.39 is 0 Å². The summed E-state index contributed by atoms with van der Waals surface area (Å²) < 4.78 is 0. The van der Waals surface area contributed by atoms with Gasteiger partial charge in [-0.3, -0.25) is 4.99 Å². The molecule has 0 atom stereocenters. The molecule has 0 aliphatic carbocycles. The van der Waals surface area contributed by atoms with E-state index in [9.17, 15) is 0 Å². The molecular weight excluding hydrogens is 212 g/mol. The Morgan fingerprint density at radius 1 is 1.47 bits per heavy atom. The molecule has 0 radical (unpaired) electrons. The van der Waals surface area contributed by atoms with Crippen LogP contribution in [0.2, 0.25) is 0 Å². The van der Waals surface area contributed by atoms with Crippen molar-refractivity contribution in [3.05, 3.63) is 29.3 Å². The number of anilines is 1. The minimum atomic E-state index is 0.799. The van der Waals surface area contributed by atoms with Crippen molar-refractivity contribution in [2.75, 3.05) is 31.2 Å². The molecule has 0 saturated heterocycles. The molecule has 0 amide bonds. The summed E-state index contributed by atoms with van der Waals surface area (Å²) in [6.07, 6.45) is 1.13. The highest BCUT2D eigenvalue weighted by molar-refractivity contribution is 5.85. The fraction of sp³-hybridized carbons (Fsp3) is 0.462. The van der Waals surface area contributed by atoms with Gasteiger partial charge in [-0.1, -0.05) is 12.1 Å². The quantitative estimate of drug-likeness (QED) is 0.809. The zero-order chi connectivity index (χ0) is 11.7. The Hall–Kier alpha value is -1.55. The molecule has 3 rings (SSSR count). The number of rotatable bonds is 3. The van der Waals surface area contributed by atoms with Gasteiger partial charge in [-0.05, 0) is 30.5 Å². The Labute approximate surface area is 102 Å². The third-order valence-corrected chi connectivity index (χ3v) is 3.44. The van der Waals surface area contributed by atoms with Gasteiger partial charge in [0.2, 0.25) is 0 Å². The van der Waals surface area contributed by atoms with E-state index in [4.69, 9.17) is 0 Å². The first kappa shape index (κ1) is 10.6. The van der Waals surface area contributed by atoms with Crippen LogP contribution in [0.1, 0.15) is 11.1 Å². The van der Waals surface area contributed by atoms with E-state index in [0.29, 0.717) is 0 Å². The summed E-state index contributed by atoms with van der Waals surface area (Å²) in [6, 6.07) is 6.50. The maximum absolute atomic E-state index is 4.39. The van der Waals surface area contributed by atoms with E-state index in [-0.39, 0.29) is 0 Å². The second kappa shape index (κ2) is 4.37. The predicted molar refractivity (Wildman–Crippen MR) is 70.5 cm³/mol. The van der Waals surface area contributed by atoms with Crippen LogP contribution in [0.15, 0.2) is 23.2 Å². The van der Waals surface area contributed by atoms with Crippen LogP contribution in [0, 0.1) is 6.92 Å². The first-order valence-electron chi connectivity index (χ1n) is 6.21. The highest BCUT2D eigenvalue weighted by atomic mass is 15.5. The van der Waals surface area contributed by atoms with Crippen LogP contribution in [0.4, 0.5) is 5.69 Å². The van der Waals surface area contributed by atoms with E-state index >= 15 is 0 Å². The Kier molecular flexibility index (Phi) is 2.73. The van der Waals surface area contributed by atoms with E-state index in [2.05, 4.69) is 45.9 Å². The van der Waals surface area contributed by atoms with Gasteiger partial charge in [0.25, 0.3) is 0 Å². The van der Waals surface area contributed by atoms with Crippen molar-refractivity contribution in [2.45, 2.75) is 13.3 Å². The Bertz CT molecular complexity index is 453. The highest BCUT2D eigenvalue weighted by Gasteiger charge is 2.20. The molecule has 2 aliphatic rings. The Balaban J connectivity index is 1.69. The number of hydrazine groups is 1.